The summed E-state index contributed by atoms with van der Waals surface area (Å²) in [5.41, 5.74) is 0.726. The minimum atomic E-state index is -2.84. The normalized spacial score (nSPS) is 20.2. The zero-order valence-corrected chi connectivity index (χ0v) is 8.95. The molecule has 1 heterocycles. The number of halogens is 2. The molecule has 2 rings (SSSR count). The molecule has 1 amide bonds. The van der Waals surface area contributed by atoms with Gasteiger partial charge < -0.3 is 15.4 Å². The number of amides is 1. The highest BCUT2D eigenvalue weighted by molar-refractivity contribution is 5.83. The Morgan fingerprint density at radius 3 is 2.53 bits per heavy atom. The first kappa shape index (κ1) is 11.8. The smallest absolute Gasteiger partial charge is 0.387 e. The number of carbonyl (C=O) groups is 1. The van der Waals surface area contributed by atoms with Crippen molar-refractivity contribution in [1.29, 1.82) is 0 Å². The number of carbonyl (C=O) groups excluding carboxylic acids is 1. The number of piperazine rings is 1. The second kappa shape index (κ2) is 5.09. The van der Waals surface area contributed by atoms with Crippen molar-refractivity contribution >= 4 is 5.91 Å². The first-order valence-electron chi connectivity index (χ1n) is 5.22. The van der Waals surface area contributed by atoms with E-state index in [2.05, 4.69) is 15.4 Å². The van der Waals surface area contributed by atoms with Crippen LogP contribution in [0.15, 0.2) is 24.3 Å². The van der Waals surface area contributed by atoms with Crippen LogP contribution in [0.2, 0.25) is 0 Å². The van der Waals surface area contributed by atoms with Crippen LogP contribution >= 0.6 is 0 Å². The predicted octanol–water partition coefficient (Wildman–Crippen LogP) is 1.05. The van der Waals surface area contributed by atoms with E-state index in [-0.39, 0.29) is 11.7 Å². The van der Waals surface area contributed by atoms with Crippen molar-refractivity contribution in [2.75, 3.05) is 13.1 Å². The standard InChI is InChI=1S/C11H12F2N2O2/c12-11(13)17-8-3-1-7(2-4-8)9-10(16)15-6-5-14-9/h1-4,9,11,14H,5-6H2,(H,15,16). The minimum Gasteiger partial charge on any atom is -0.435 e. The van der Waals surface area contributed by atoms with Gasteiger partial charge in [-0.2, -0.15) is 8.78 Å². The lowest BCUT2D eigenvalue weighted by Gasteiger charge is -2.23. The molecule has 4 nitrogen and oxygen atoms in total. The second-order valence-electron chi connectivity index (χ2n) is 3.63. The molecular formula is C11H12F2N2O2. The van der Waals surface area contributed by atoms with Gasteiger partial charge in [-0.1, -0.05) is 12.1 Å². The fraction of sp³-hybridized carbons (Fsp3) is 0.364. The van der Waals surface area contributed by atoms with Crippen molar-refractivity contribution in [3.63, 3.8) is 0 Å². The molecule has 0 spiro atoms. The molecule has 1 aromatic rings. The van der Waals surface area contributed by atoms with Crippen molar-refractivity contribution in [2.45, 2.75) is 12.7 Å². The molecule has 1 aromatic carbocycles. The summed E-state index contributed by atoms with van der Waals surface area (Å²) in [4.78, 5) is 11.5. The predicted molar refractivity (Wildman–Crippen MR) is 56.8 cm³/mol. The monoisotopic (exact) mass is 242 g/mol. The topological polar surface area (TPSA) is 50.4 Å². The quantitative estimate of drug-likeness (QED) is 0.833. The molecule has 2 N–H and O–H groups in total. The van der Waals surface area contributed by atoms with E-state index in [4.69, 9.17) is 0 Å². The summed E-state index contributed by atoms with van der Waals surface area (Å²) < 4.78 is 28.1. The Kier molecular flexibility index (Phi) is 3.53. The maximum absolute atomic E-state index is 11.9. The van der Waals surface area contributed by atoms with Gasteiger partial charge in [0.1, 0.15) is 11.8 Å². The van der Waals surface area contributed by atoms with Gasteiger partial charge in [-0.05, 0) is 17.7 Å². The highest BCUT2D eigenvalue weighted by atomic mass is 19.3. The highest BCUT2D eigenvalue weighted by Crippen LogP contribution is 2.20. The van der Waals surface area contributed by atoms with E-state index in [1.54, 1.807) is 12.1 Å². The number of ether oxygens (including phenoxy) is 1. The maximum atomic E-state index is 11.9. The molecule has 0 aliphatic carbocycles. The third kappa shape index (κ3) is 2.91. The van der Waals surface area contributed by atoms with Gasteiger partial charge in [0.2, 0.25) is 5.91 Å². The Morgan fingerprint density at radius 1 is 1.24 bits per heavy atom. The summed E-state index contributed by atoms with van der Waals surface area (Å²) in [7, 11) is 0. The van der Waals surface area contributed by atoms with Crippen molar-refractivity contribution in [3.8, 4) is 5.75 Å². The average molecular weight is 242 g/mol. The molecule has 0 aromatic heterocycles. The molecule has 1 atom stereocenters. The fourth-order valence-electron chi connectivity index (χ4n) is 1.71. The van der Waals surface area contributed by atoms with Gasteiger partial charge in [-0.25, -0.2) is 0 Å². The Balaban J connectivity index is 2.08. The number of hydrogen-bond acceptors (Lipinski definition) is 3. The van der Waals surface area contributed by atoms with Crippen molar-refractivity contribution in [1.82, 2.24) is 10.6 Å². The largest absolute Gasteiger partial charge is 0.435 e. The lowest BCUT2D eigenvalue weighted by molar-refractivity contribution is -0.124. The number of benzene rings is 1. The fourth-order valence-corrected chi connectivity index (χ4v) is 1.71. The van der Waals surface area contributed by atoms with Crippen LogP contribution in [0, 0.1) is 0 Å². The van der Waals surface area contributed by atoms with E-state index in [9.17, 15) is 13.6 Å². The molecule has 0 bridgehead atoms. The number of rotatable bonds is 3. The van der Waals surface area contributed by atoms with Gasteiger partial charge >= 0.3 is 6.61 Å². The van der Waals surface area contributed by atoms with Crippen LogP contribution in [0.4, 0.5) is 8.78 Å². The number of nitrogens with one attached hydrogen (secondary N) is 2. The van der Waals surface area contributed by atoms with Crippen molar-refractivity contribution < 1.29 is 18.3 Å². The van der Waals surface area contributed by atoms with E-state index < -0.39 is 12.7 Å². The summed E-state index contributed by atoms with van der Waals surface area (Å²) in [6.45, 7) is -1.55. The molecular weight excluding hydrogens is 230 g/mol. The summed E-state index contributed by atoms with van der Waals surface area (Å²) in [6.07, 6.45) is 0. The highest BCUT2D eigenvalue weighted by Gasteiger charge is 2.22. The van der Waals surface area contributed by atoms with Gasteiger partial charge in [0, 0.05) is 13.1 Å². The van der Waals surface area contributed by atoms with E-state index >= 15 is 0 Å². The van der Waals surface area contributed by atoms with Gasteiger partial charge in [0.25, 0.3) is 0 Å². The first-order chi connectivity index (χ1) is 8.16. The molecule has 17 heavy (non-hydrogen) atoms. The molecule has 1 fully saturated rings. The van der Waals surface area contributed by atoms with Gasteiger partial charge in [0.05, 0.1) is 0 Å². The van der Waals surface area contributed by atoms with Crippen LogP contribution in [0.3, 0.4) is 0 Å². The third-order valence-electron chi connectivity index (χ3n) is 2.47. The first-order valence-corrected chi connectivity index (χ1v) is 5.22. The molecule has 92 valence electrons. The minimum absolute atomic E-state index is 0.0833. The van der Waals surface area contributed by atoms with Crippen molar-refractivity contribution in [3.05, 3.63) is 29.8 Å². The van der Waals surface area contributed by atoms with E-state index in [0.29, 0.717) is 13.1 Å². The van der Waals surface area contributed by atoms with E-state index in [1.165, 1.54) is 12.1 Å². The summed E-state index contributed by atoms with van der Waals surface area (Å²) in [5, 5.41) is 5.77. The molecule has 0 saturated carbocycles. The van der Waals surface area contributed by atoms with Gasteiger partial charge in [-0.15, -0.1) is 0 Å². The maximum Gasteiger partial charge on any atom is 0.387 e. The Morgan fingerprint density at radius 2 is 1.94 bits per heavy atom. The molecule has 1 aliphatic heterocycles. The van der Waals surface area contributed by atoms with Crippen LogP contribution in [0.5, 0.6) is 5.75 Å². The Bertz CT molecular complexity index is 395. The van der Waals surface area contributed by atoms with Crippen LogP contribution in [-0.2, 0) is 4.79 Å². The van der Waals surface area contributed by atoms with Gasteiger partial charge in [0.15, 0.2) is 0 Å². The summed E-state index contributed by atoms with van der Waals surface area (Å²) in [6, 6.07) is 5.61. The van der Waals surface area contributed by atoms with E-state index in [0.717, 1.165) is 5.56 Å². The van der Waals surface area contributed by atoms with Crippen molar-refractivity contribution in [2.24, 2.45) is 0 Å². The molecule has 0 radical (unpaired) electrons. The molecule has 6 heteroatoms. The SMILES string of the molecule is O=C1NCCNC1c1ccc(OC(F)F)cc1. The van der Waals surface area contributed by atoms with E-state index in [1.807, 2.05) is 0 Å². The lowest BCUT2D eigenvalue weighted by atomic mass is 10.0. The number of hydrogen-bond donors (Lipinski definition) is 2. The third-order valence-corrected chi connectivity index (χ3v) is 2.47. The molecule has 1 unspecified atom stereocenters. The zero-order valence-electron chi connectivity index (χ0n) is 8.95. The van der Waals surface area contributed by atoms with Crippen LogP contribution in [0.25, 0.3) is 0 Å². The summed E-state index contributed by atoms with van der Waals surface area (Å²) in [5.74, 6) is -0.0289. The Hall–Kier alpha value is -1.69. The second-order valence-corrected chi connectivity index (χ2v) is 3.63. The Labute approximate surface area is 97.0 Å². The van der Waals surface area contributed by atoms with Crippen LogP contribution in [-0.4, -0.2) is 25.6 Å². The summed E-state index contributed by atoms with van der Waals surface area (Å²) >= 11 is 0. The van der Waals surface area contributed by atoms with Crippen LogP contribution < -0.4 is 15.4 Å². The zero-order chi connectivity index (χ0) is 12.3. The average Bonchev–Trinajstić information content (AvgIpc) is 2.30. The lowest BCUT2D eigenvalue weighted by Crippen LogP contribution is -2.47. The van der Waals surface area contributed by atoms with Gasteiger partial charge in [-0.3, -0.25) is 4.79 Å². The molecule has 1 aliphatic rings. The molecule has 1 saturated heterocycles. The van der Waals surface area contributed by atoms with Crippen LogP contribution in [0.1, 0.15) is 11.6 Å². The number of alkyl halides is 2.